The minimum atomic E-state index is -0.219. The molecule has 1 aromatic rings. The number of hydrogen-bond donors (Lipinski definition) is 2. The van der Waals surface area contributed by atoms with Crippen molar-refractivity contribution in [3.8, 4) is 0 Å². The Morgan fingerprint density at radius 3 is 2.48 bits per heavy atom. The van der Waals surface area contributed by atoms with Crippen LogP contribution < -0.4 is 0 Å². The summed E-state index contributed by atoms with van der Waals surface area (Å²) in [5, 5.41) is 21.0. The molecule has 3 heteroatoms. The van der Waals surface area contributed by atoms with Gasteiger partial charge in [-0.3, -0.25) is 0 Å². The Labute approximate surface area is 128 Å². The highest BCUT2D eigenvalue weighted by atomic mass is 16.4. The van der Waals surface area contributed by atoms with Crippen LogP contribution in [0.15, 0.2) is 29.4 Å². The summed E-state index contributed by atoms with van der Waals surface area (Å²) >= 11 is 0. The second kappa shape index (κ2) is 11.3. The van der Waals surface area contributed by atoms with E-state index in [1.54, 1.807) is 0 Å². The average Bonchev–Trinajstić information content (AvgIpc) is 2.52. The fraction of sp³-hybridized carbons (Fsp3) is 0.611. The smallest absolute Gasteiger partial charge is 0.0550 e. The van der Waals surface area contributed by atoms with Gasteiger partial charge in [0.1, 0.15) is 0 Å². The third-order valence-electron chi connectivity index (χ3n) is 3.89. The highest BCUT2D eigenvalue weighted by Crippen LogP contribution is 2.17. The Morgan fingerprint density at radius 1 is 1.10 bits per heavy atom. The lowest BCUT2D eigenvalue weighted by Gasteiger charge is -2.10. The summed E-state index contributed by atoms with van der Waals surface area (Å²) in [7, 11) is 0. The van der Waals surface area contributed by atoms with Crippen LogP contribution >= 0.6 is 0 Å². The lowest BCUT2D eigenvalue weighted by Crippen LogP contribution is -2.06. The molecule has 0 aromatic heterocycles. The topological polar surface area (TPSA) is 52.8 Å². The van der Waals surface area contributed by atoms with Crippen molar-refractivity contribution in [3.63, 3.8) is 0 Å². The van der Waals surface area contributed by atoms with Crippen LogP contribution in [0.4, 0.5) is 0 Å². The zero-order valence-electron chi connectivity index (χ0n) is 13.2. The molecule has 1 aromatic carbocycles. The quantitative estimate of drug-likeness (QED) is 0.273. The molecule has 0 bridgehead atoms. The number of oxime groups is 1. The number of unbranched alkanes of at least 4 members (excludes halogenated alkanes) is 6. The van der Waals surface area contributed by atoms with E-state index in [1.165, 1.54) is 56.7 Å². The fourth-order valence-corrected chi connectivity index (χ4v) is 2.58. The number of benzene rings is 1. The SMILES string of the molecule is CCCCCCCCCc1cccc(C(C=NO)CO)c1. The predicted octanol–water partition coefficient (Wildman–Crippen LogP) is 4.52. The van der Waals surface area contributed by atoms with Gasteiger partial charge < -0.3 is 10.3 Å². The van der Waals surface area contributed by atoms with Crippen LogP contribution in [0.3, 0.4) is 0 Å². The van der Waals surface area contributed by atoms with Crippen molar-refractivity contribution in [1.82, 2.24) is 0 Å². The molecule has 21 heavy (non-hydrogen) atoms. The molecule has 118 valence electrons. The minimum absolute atomic E-state index is 0.0368. The molecule has 0 spiro atoms. The molecule has 0 aliphatic rings. The number of aliphatic hydroxyl groups is 1. The van der Waals surface area contributed by atoms with Gasteiger partial charge in [-0.1, -0.05) is 69.7 Å². The molecular weight excluding hydrogens is 262 g/mol. The van der Waals surface area contributed by atoms with Gasteiger partial charge in [0.25, 0.3) is 0 Å². The molecule has 0 radical (unpaired) electrons. The number of nitrogens with zero attached hydrogens (tertiary/aromatic N) is 1. The summed E-state index contributed by atoms with van der Waals surface area (Å²) in [5.74, 6) is -0.219. The van der Waals surface area contributed by atoms with Gasteiger partial charge in [0, 0.05) is 5.92 Å². The molecule has 0 saturated carbocycles. The second-order valence-corrected chi connectivity index (χ2v) is 5.67. The van der Waals surface area contributed by atoms with Crippen molar-refractivity contribution < 1.29 is 10.3 Å². The zero-order valence-corrected chi connectivity index (χ0v) is 13.2. The molecule has 0 saturated heterocycles. The standard InChI is InChI=1S/C18H29NO2/c1-2-3-4-5-6-7-8-10-16-11-9-12-17(13-16)18(15-20)14-19-21/h9,11-14,18,20-21H,2-8,10,15H2,1H3. The number of aryl methyl sites for hydroxylation is 1. The molecule has 0 heterocycles. The Morgan fingerprint density at radius 2 is 1.81 bits per heavy atom. The van der Waals surface area contributed by atoms with Crippen molar-refractivity contribution in [1.29, 1.82) is 0 Å². The van der Waals surface area contributed by atoms with Gasteiger partial charge in [0.2, 0.25) is 0 Å². The normalized spacial score (nSPS) is 12.9. The molecule has 0 aliphatic heterocycles. The molecule has 0 fully saturated rings. The number of aliphatic hydroxyl groups excluding tert-OH is 1. The monoisotopic (exact) mass is 291 g/mol. The van der Waals surface area contributed by atoms with E-state index in [-0.39, 0.29) is 12.5 Å². The van der Waals surface area contributed by atoms with E-state index in [2.05, 4.69) is 24.2 Å². The van der Waals surface area contributed by atoms with E-state index in [1.807, 2.05) is 12.1 Å². The van der Waals surface area contributed by atoms with Gasteiger partial charge >= 0.3 is 0 Å². The highest BCUT2D eigenvalue weighted by Gasteiger charge is 2.08. The average molecular weight is 291 g/mol. The summed E-state index contributed by atoms with van der Waals surface area (Å²) in [6, 6.07) is 8.22. The van der Waals surface area contributed by atoms with Crippen LogP contribution in [0, 0.1) is 0 Å². The minimum Gasteiger partial charge on any atom is -0.411 e. The zero-order chi connectivity index (χ0) is 15.3. The molecule has 0 amide bonds. The first-order valence-electron chi connectivity index (χ1n) is 8.19. The van der Waals surface area contributed by atoms with Crippen LogP contribution in [-0.4, -0.2) is 23.1 Å². The fourth-order valence-electron chi connectivity index (χ4n) is 2.58. The van der Waals surface area contributed by atoms with Gasteiger partial charge in [0.05, 0.1) is 12.8 Å². The molecule has 2 N–H and O–H groups in total. The van der Waals surface area contributed by atoms with E-state index >= 15 is 0 Å². The lowest BCUT2D eigenvalue weighted by molar-refractivity contribution is 0.283. The molecular formula is C18H29NO2. The van der Waals surface area contributed by atoms with E-state index in [0.717, 1.165) is 12.0 Å². The summed E-state index contributed by atoms with van der Waals surface area (Å²) < 4.78 is 0. The molecule has 1 atom stereocenters. The lowest BCUT2D eigenvalue weighted by atomic mass is 9.97. The van der Waals surface area contributed by atoms with Crippen molar-refractivity contribution in [2.45, 2.75) is 64.2 Å². The Hall–Kier alpha value is -1.35. The summed E-state index contributed by atoms with van der Waals surface area (Å²) in [4.78, 5) is 0. The van der Waals surface area contributed by atoms with Gasteiger partial charge in [-0.25, -0.2) is 0 Å². The second-order valence-electron chi connectivity index (χ2n) is 5.67. The van der Waals surface area contributed by atoms with E-state index in [0.29, 0.717) is 0 Å². The molecule has 1 unspecified atom stereocenters. The van der Waals surface area contributed by atoms with E-state index < -0.39 is 0 Å². The summed E-state index contributed by atoms with van der Waals surface area (Å²) in [5.41, 5.74) is 2.31. The third kappa shape index (κ3) is 7.28. The van der Waals surface area contributed by atoms with Gasteiger partial charge in [-0.2, -0.15) is 0 Å². The van der Waals surface area contributed by atoms with E-state index in [4.69, 9.17) is 5.21 Å². The van der Waals surface area contributed by atoms with Gasteiger partial charge in [-0.15, -0.1) is 5.16 Å². The van der Waals surface area contributed by atoms with Crippen molar-refractivity contribution in [2.75, 3.05) is 6.61 Å². The molecule has 0 aliphatic carbocycles. The summed E-state index contributed by atoms with van der Waals surface area (Å²) in [6.07, 6.45) is 11.7. The maximum absolute atomic E-state index is 9.32. The third-order valence-corrected chi connectivity index (χ3v) is 3.89. The van der Waals surface area contributed by atoms with Crippen molar-refractivity contribution in [3.05, 3.63) is 35.4 Å². The van der Waals surface area contributed by atoms with Crippen molar-refractivity contribution >= 4 is 6.21 Å². The predicted molar refractivity (Wildman–Crippen MR) is 88.2 cm³/mol. The van der Waals surface area contributed by atoms with Crippen LogP contribution in [0.1, 0.15) is 68.9 Å². The van der Waals surface area contributed by atoms with Crippen LogP contribution in [-0.2, 0) is 6.42 Å². The molecule has 3 nitrogen and oxygen atoms in total. The van der Waals surface area contributed by atoms with Crippen LogP contribution in [0.25, 0.3) is 0 Å². The largest absolute Gasteiger partial charge is 0.411 e. The van der Waals surface area contributed by atoms with Crippen LogP contribution in [0.5, 0.6) is 0 Å². The summed E-state index contributed by atoms with van der Waals surface area (Å²) in [6.45, 7) is 2.21. The Balaban J connectivity index is 2.35. The number of hydrogen-bond acceptors (Lipinski definition) is 3. The highest BCUT2D eigenvalue weighted by molar-refractivity contribution is 5.67. The van der Waals surface area contributed by atoms with E-state index in [9.17, 15) is 5.11 Å². The Kier molecular flexibility index (Phi) is 9.55. The first kappa shape index (κ1) is 17.7. The maximum Gasteiger partial charge on any atom is 0.0550 e. The van der Waals surface area contributed by atoms with Gasteiger partial charge in [-0.05, 0) is 24.0 Å². The van der Waals surface area contributed by atoms with Gasteiger partial charge in [0.15, 0.2) is 0 Å². The Bertz CT molecular complexity index is 404. The number of rotatable bonds is 11. The van der Waals surface area contributed by atoms with Crippen LogP contribution in [0.2, 0.25) is 0 Å². The van der Waals surface area contributed by atoms with Crippen molar-refractivity contribution in [2.24, 2.45) is 5.16 Å². The molecule has 1 rings (SSSR count). The first-order valence-corrected chi connectivity index (χ1v) is 8.19. The first-order chi connectivity index (χ1) is 10.3. The maximum atomic E-state index is 9.32.